The molecule has 1 N–H and O–H groups in total. The Morgan fingerprint density at radius 1 is 1.29 bits per heavy atom. The average Bonchev–Trinajstić information content (AvgIpc) is 2.87. The number of hydrogen-bond donors (Lipinski definition) is 1. The van der Waals surface area contributed by atoms with Gasteiger partial charge in [0.1, 0.15) is 5.60 Å². The van der Waals surface area contributed by atoms with Crippen molar-refractivity contribution in [2.75, 3.05) is 20.3 Å². The largest absolute Gasteiger partial charge is 0.468 e. The number of hydrogen-bond acceptors (Lipinski definition) is 7. The van der Waals surface area contributed by atoms with Gasteiger partial charge in [-0.2, -0.15) is 0 Å². The van der Waals surface area contributed by atoms with Crippen LogP contribution in [-0.2, 0) is 28.6 Å². The van der Waals surface area contributed by atoms with Crippen LogP contribution in [0.15, 0.2) is 0 Å². The molecular weight excluding hydrogens is 368 g/mol. The molecule has 2 heterocycles. The van der Waals surface area contributed by atoms with Gasteiger partial charge >= 0.3 is 18.0 Å². The number of piperidine rings is 1. The molecule has 2 aliphatic rings. The Labute approximate surface area is 165 Å². The summed E-state index contributed by atoms with van der Waals surface area (Å²) in [7, 11) is 1.19. The number of carbonyl (C=O) groups is 4. The van der Waals surface area contributed by atoms with E-state index in [0.717, 1.165) is 0 Å². The summed E-state index contributed by atoms with van der Waals surface area (Å²) in [6.07, 6.45) is 0.438. The van der Waals surface area contributed by atoms with Gasteiger partial charge in [0, 0.05) is 6.54 Å². The van der Waals surface area contributed by atoms with Crippen LogP contribution in [0.25, 0.3) is 0 Å². The smallest absolute Gasteiger partial charge is 0.407 e. The Morgan fingerprint density at radius 2 is 1.96 bits per heavy atom. The van der Waals surface area contributed by atoms with Gasteiger partial charge in [0.2, 0.25) is 5.91 Å². The minimum absolute atomic E-state index is 0.0811. The number of fused-ring (bicyclic) bond motifs is 1. The molecular formula is C19H30N2O7. The van der Waals surface area contributed by atoms with E-state index in [4.69, 9.17) is 14.2 Å². The summed E-state index contributed by atoms with van der Waals surface area (Å²) >= 11 is 0. The molecule has 158 valence electrons. The molecule has 2 saturated heterocycles. The van der Waals surface area contributed by atoms with Crippen molar-refractivity contribution in [2.24, 2.45) is 5.41 Å². The monoisotopic (exact) mass is 398 g/mol. The summed E-state index contributed by atoms with van der Waals surface area (Å²) in [6, 6.07) is -0.788. The van der Waals surface area contributed by atoms with Crippen LogP contribution < -0.4 is 5.32 Å². The fourth-order valence-corrected chi connectivity index (χ4v) is 3.95. The first-order valence-electron chi connectivity index (χ1n) is 9.58. The highest BCUT2D eigenvalue weighted by Gasteiger charge is 2.61. The van der Waals surface area contributed by atoms with E-state index in [0.29, 0.717) is 19.4 Å². The molecule has 2 rings (SSSR count). The maximum absolute atomic E-state index is 13.1. The fourth-order valence-electron chi connectivity index (χ4n) is 3.95. The second kappa shape index (κ2) is 8.36. The summed E-state index contributed by atoms with van der Waals surface area (Å²) in [4.78, 5) is 51.6. The van der Waals surface area contributed by atoms with Crippen molar-refractivity contribution in [3.63, 3.8) is 0 Å². The lowest BCUT2D eigenvalue weighted by Crippen LogP contribution is -2.54. The predicted molar refractivity (Wildman–Crippen MR) is 98.2 cm³/mol. The molecule has 0 aromatic rings. The third-order valence-electron chi connectivity index (χ3n) is 5.04. The minimum Gasteiger partial charge on any atom is -0.468 e. The normalized spacial score (nSPS) is 27.0. The van der Waals surface area contributed by atoms with Gasteiger partial charge in [0.25, 0.3) is 0 Å². The van der Waals surface area contributed by atoms with Crippen molar-refractivity contribution < 1.29 is 33.4 Å². The molecule has 0 saturated carbocycles. The summed E-state index contributed by atoms with van der Waals surface area (Å²) in [5, 5.41) is 2.82. The lowest BCUT2D eigenvalue weighted by atomic mass is 9.80. The average molecular weight is 398 g/mol. The number of rotatable bonds is 5. The number of alkyl carbamates (subject to hydrolysis) is 1. The zero-order valence-corrected chi connectivity index (χ0v) is 17.2. The van der Waals surface area contributed by atoms with Crippen molar-refractivity contribution >= 4 is 23.9 Å². The third kappa shape index (κ3) is 4.56. The molecule has 9 nitrogen and oxygen atoms in total. The standard InChI is InChI=1S/C19H30N2O7/c1-6-27-14(22)11-19(16(24)26-5)10-13-12(8-7-9-21(13)15(19)23)20-17(25)28-18(2,3)4/h12-13H,6-11H2,1-5H3,(H,20,25). The Morgan fingerprint density at radius 3 is 2.54 bits per heavy atom. The summed E-state index contributed by atoms with van der Waals surface area (Å²) in [6.45, 7) is 7.56. The zero-order chi connectivity index (χ0) is 21.1. The van der Waals surface area contributed by atoms with Gasteiger partial charge in [0.15, 0.2) is 5.41 Å². The second-order valence-corrected chi connectivity index (χ2v) is 8.22. The molecule has 0 radical (unpaired) electrons. The highest BCUT2D eigenvalue weighted by atomic mass is 16.6. The lowest BCUT2D eigenvalue weighted by Gasteiger charge is -2.37. The highest BCUT2D eigenvalue weighted by Crippen LogP contribution is 2.44. The van der Waals surface area contributed by atoms with E-state index in [-0.39, 0.29) is 25.5 Å². The van der Waals surface area contributed by atoms with Gasteiger partial charge in [-0.05, 0) is 47.0 Å². The molecule has 9 heteroatoms. The Bertz CT molecular complexity index is 643. The van der Waals surface area contributed by atoms with Crippen LogP contribution in [0.1, 0.15) is 53.4 Å². The molecule has 3 atom stereocenters. The molecule has 0 aromatic carbocycles. The van der Waals surface area contributed by atoms with E-state index in [9.17, 15) is 19.2 Å². The number of nitrogens with zero attached hydrogens (tertiary/aromatic N) is 1. The number of nitrogens with one attached hydrogen (secondary N) is 1. The van der Waals surface area contributed by atoms with E-state index in [1.165, 1.54) is 7.11 Å². The Balaban J connectivity index is 2.24. The molecule has 28 heavy (non-hydrogen) atoms. The molecule has 0 spiro atoms. The van der Waals surface area contributed by atoms with Gasteiger partial charge in [-0.15, -0.1) is 0 Å². The molecule has 2 amide bonds. The SMILES string of the molecule is CCOC(=O)CC1(C(=O)OC)CC2C(NC(=O)OC(C)(C)C)CCCN2C1=O. The molecule has 2 aliphatic heterocycles. The van der Waals surface area contributed by atoms with Crippen molar-refractivity contribution in [1.82, 2.24) is 10.2 Å². The Kier molecular flexibility index (Phi) is 6.56. The molecule has 2 fully saturated rings. The number of ether oxygens (including phenoxy) is 3. The first kappa shape index (κ1) is 22.0. The topological polar surface area (TPSA) is 111 Å². The van der Waals surface area contributed by atoms with E-state index < -0.39 is 41.0 Å². The molecule has 0 bridgehead atoms. The Hall–Kier alpha value is -2.32. The first-order valence-corrected chi connectivity index (χ1v) is 9.58. The van der Waals surface area contributed by atoms with Gasteiger partial charge in [-0.1, -0.05) is 0 Å². The van der Waals surface area contributed by atoms with Crippen LogP contribution in [0, 0.1) is 5.41 Å². The number of esters is 2. The number of methoxy groups -OCH3 is 1. The quantitative estimate of drug-likeness (QED) is 0.423. The van der Waals surface area contributed by atoms with Crippen molar-refractivity contribution in [1.29, 1.82) is 0 Å². The predicted octanol–water partition coefficient (Wildman–Crippen LogP) is 1.39. The minimum atomic E-state index is -1.62. The van der Waals surface area contributed by atoms with Gasteiger partial charge < -0.3 is 24.4 Å². The van der Waals surface area contributed by atoms with Crippen LogP contribution in [0.3, 0.4) is 0 Å². The molecule has 3 unspecified atom stereocenters. The van der Waals surface area contributed by atoms with E-state index in [1.807, 2.05) is 0 Å². The summed E-state index contributed by atoms with van der Waals surface area (Å²) in [5.41, 5.74) is -2.27. The summed E-state index contributed by atoms with van der Waals surface area (Å²) in [5.74, 6) is -1.83. The van der Waals surface area contributed by atoms with Gasteiger partial charge in [0.05, 0.1) is 32.2 Å². The lowest BCUT2D eigenvalue weighted by molar-refractivity contribution is -0.165. The highest BCUT2D eigenvalue weighted by molar-refractivity contribution is 6.07. The van der Waals surface area contributed by atoms with Gasteiger partial charge in [-0.3, -0.25) is 14.4 Å². The van der Waals surface area contributed by atoms with Gasteiger partial charge in [-0.25, -0.2) is 4.79 Å². The summed E-state index contributed by atoms with van der Waals surface area (Å²) < 4.78 is 15.1. The van der Waals surface area contributed by atoms with E-state index in [2.05, 4.69) is 5.32 Å². The van der Waals surface area contributed by atoms with Crippen LogP contribution >= 0.6 is 0 Å². The fraction of sp³-hybridized carbons (Fsp3) is 0.789. The molecule has 0 aromatic heterocycles. The van der Waals surface area contributed by atoms with E-state index in [1.54, 1.807) is 32.6 Å². The van der Waals surface area contributed by atoms with Crippen LogP contribution in [0.2, 0.25) is 0 Å². The van der Waals surface area contributed by atoms with E-state index >= 15 is 0 Å². The van der Waals surface area contributed by atoms with Crippen LogP contribution in [0.5, 0.6) is 0 Å². The first-order chi connectivity index (χ1) is 13.0. The number of carbonyl (C=O) groups excluding carboxylic acids is 4. The number of amides is 2. The zero-order valence-electron chi connectivity index (χ0n) is 17.2. The van der Waals surface area contributed by atoms with Crippen molar-refractivity contribution in [3.8, 4) is 0 Å². The molecule has 0 aliphatic carbocycles. The van der Waals surface area contributed by atoms with Crippen molar-refractivity contribution in [3.05, 3.63) is 0 Å². The van der Waals surface area contributed by atoms with Crippen LogP contribution in [0.4, 0.5) is 4.79 Å². The second-order valence-electron chi connectivity index (χ2n) is 8.22. The van der Waals surface area contributed by atoms with Crippen LogP contribution in [-0.4, -0.2) is 66.8 Å². The third-order valence-corrected chi connectivity index (χ3v) is 5.04. The maximum atomic E-state index is 13.1. The maximum Gasteiger partial charge on any atom is 0.407 e. The van der Waals surface area contributed by atoms with Crippen molar-refractivity contribution in [2.45, 2.75) is 71.1 Å².